The quantitative estimate of drug-likeness (QED) is 0.410. The van der Waals surface area contributed by atoms with Gasteiger partial charge < -0.3 is 0 Å². The van der Waals surface area contributed by atoms with E-state index in [0.717, 1.165) is 5.92 Å². The Hall–Kier alpha value is -0.260. The standard InChI is InChI=1S/C13H24/c1-2-3-4-5-6-7-10-13-11-8-9-12-13/h7,10,13H,2-6,8-9,11-12H2,1H3. The van der Waals surface area contributed by atoms with Crippen LogP contribution in [0.1, 0.15) is 64.7 Å². The first-order valence-corrected chi connectivity index (χ1v) is 6.10. The van der Waals surface area contributed by atoms with E-state index in [1.165, 1.54) is 57.8 Å². The van der Waals surface area contributed by atoms with Crippen molar-refractivity contribution in [1.82, 2.24) is 0 Å². The van der Waals surface area contributed by atoms with Crippen LogP contribution < -0.4 is 0 Å². The van der Waals surface area contributed by atoms with Gasteiger partial charge in [0.15, 0.2) is 0 Å². The zero-order valence-electron chi connectivity index (χ0n) is 9.10. The molecule has 0 saturated heterocycles. The summed E-state index contributed by atoms with van der Waals surface area (Å²) in [5, 5.41) is 0. The Kier molecular flexibility index (Phi) is 5.97. The van der Waals surface area contributed by atoms with Gasteiger partial charge in [0.05, 0.1) is 0 Å². The Bertz CT molecular complexity index is 129. The van der Waals surface area contributed by atoms with E-state index in [2.05, 4.69) is 19.1 Å². The monoisotopic (exact) mass is 180 g/mol. The summed E-state index contributed by atoms with van der Waals surface area (Å²) in [7, 11) is 0. The molecule has 0 radical (unpaired) electrons. The lowest BCUT2D eigenvalue weighted by Crippen LogP contribution is -1.85. The molecule has 1 rings (SSSR count). The van der Waals surface area contributed by atoms with Crippen LogP contribution in [0.25, 0.3) is 0 Å². The Morgan fingerprint density at radius 2 is 1.85 bits per heavy atom. The molecule has 0 N–H and O–H groups in total. The molecule has 0 aromatic heterocycles. The zero-order chi connectivity index (χ0) is 9.36. The zero-order valence-corrected chi connectivity index (χ0v) is 9.10. The van der Waals surface area contributed by atoms with Crippen molar-refractivity contribution in [3.63, 3.8) is 0 Å². The van der Waals surface area contributed by atoms with Gasteiger partial charge in [-0.15, -0.1) is 0 Å². The van der Waals surface area contributed by atoms with Gasteiger partial charge in [0, 0.05) is 0 Å². The molecule has 13 heavy (non-hydrogen) atoms. The van der Waals surface area contributed by atoms with Crippen LogP contribution in [0.15, 0.2) is 12.2 Å². The molecule has 0 bridgehead atoms. The molecule has 0 nitrogen and oxygen atoms in total. The minimum atomic E-state index is 0.936. The first-order valence-electron chi connectivity index (χ1n) is 6.10. The maximum Gasteiger partial charge on any atom is -0.0234 e. The lowest BCUT2D eigenvalue weighted by Gasteiger charge is -1.99. The van der Waals surface area contributed by atoms with Gasteiger partial charge in [-0.1, -0.05) is 51.2 Å². The summed E-state index contributed by atoms with van der Waals surface area (Å²) in [6.45, 7) is 2.27. The average molecular weight is 180 g/mol. The van der Waals surface area contributed by atoms with E-state index in [1.54, 1.807) is 0 Å². The molecule has 0 aromatic rings. The van der Waals surface area contributed by atoms with Crippen molar-refractivity contribution in [3.8, 4) is 0 Å². The van der Waals surface area contributed by atoms with Crippen LogP contribution >= 0.6 is 0 Å². The molecule has 0 spiro atoms. The molecule has 1 saturated carbocycles. The van der Waals surface area contributed by atoms with Crippen LogP contribution in [0.3, 0.4) is 0 Å². The van der Waals surface area contributed by atoms with Gasteiger partial charge in [-0.3, -0.25) is 0 Å². The van der Waals surface area contributed by atoms with Crippen molar-refractivity contribution in [2.45, 2.75) is 64.7 Å². The highest BCUT2D eigenvalue weighted by atomic mass is 14.2. The first kappa shape index (κ1) is 10.8. The maximum absolute atomic E-state index is 2.47. The van der Waals surface area contributed by atoms with E-state index in [0.29, 0.717) is 0 Å². The molecule has 0 atom stereocenters. The second-order valence-electron chi connectivity index (χ2n) is 4.32. The first-order chi connectivity index (χ1) is 6.43. The second-order valence-corrected chi connectivity index (χ2v) is 4.32. The summed E-state index contributed by atoms with van der Waals surface area (Å²) in [5.74, 6) is 0.936. The summed E-state index contributed by atoms with van der Waals surface area (Å²) in [5.41, 5.74) is 0. The van der Waals surface area contributed by atoms with Gasteiger partial charge in [-0.25, -0.2) is 0 Å². The van der Waals surface area contributed by atoms with Crippen molar-refractivity contribution < 1.29 is 0 Å². The van der Waals surface area contributed by atoms with Crippen molar-refractivity contribution in [1.29, 1.82) is 0 Å². The lowest BCUT2D eigenvalue weighted by atomic mass is 10.1. The third-order valence-corrected chi connectivity index (χ3v) is 3.03. The molecule has 1 fully saturated rings. The molecular weight excluding hydrogens is 156 g/mol. The molecule has 1 aliphatic carbocycles. The van der Waals surface area contributed by atoms with E-state index in [4.69, 9.17) is 0 Å². The fourth-order valence-corrected chi connectivity index (χ4v) is 2.13. The van der Waals surface area contributed by atoms with E-state index in [1.807, 2.05) is 0 Å². The van der Waals surface area contributed by atoms with Crippen LogP contribution in [0.5, 0.6) is 0 Å². The van der Waals surface area contributed by atoms with Gasteiger partial charge in [0.2, 0.25) is 0 Å². The smallest absolute Gasteiger partial charge is 0.0234 e. The van der Waals surface area contributed by atoms with Crippen molar-refractivity contribution >= 4 is 0 Å². The fraction of sp³-hybridized carbons (Fsp3) is 0.846. The number of rotatable bonds is 6. The molecule has 76 valence electrons. The predicted molar refractivity (Wildman–Crippen MR) is 59.9 cm³/mol. The van der Waals surface area contributed by atoms with Crippen LogP contribution in [0, 0.1) is 5.92 Å². The Morgan fingerprint density at radius 1 is 1.08 bits per heavy atom. The highest BCUT2D eigenvalue weighted by Gasteiger charge is 2.10. The number of allylic oxidation sites excluding steroid dienone is 2. The second kappa shape index (κ2) is 7.17. The molecule has 0 amide bonds. The van der Waals surface area contributed by atoms with Crippen LogP contribution in [-0.4, -0.2) is 0 Å². The highest BCUT2D eigenvalue weighted by Crippen LogP contribution is 2.25. The maximum atomic E-state index is 2.47. The van der Waals surface area contributed by atoms with Crippen LogP contribution in [-0.2, 0) is 0 Å². The largest absolute Gasteiger partial charge is 0.0883 e. The predicted octanol–water partition coefficient (Wildman–Crippen LogP) is 4.70. The Morgan fingerprint density at radius 3 is 2.54 bits per heavy atom. The summed E-state index contributed by atoms with van der Waals surface area (Å²) >= 11 is 0. The Balaban J connectivity index is 1.91. The van der Waals surface area contributed by atoms with Gasteiger partial charge in [0.1, 0.15) is 0 Å². The fourth-order valence-electron chi connectivity index (χ4n) is 2.13. The van der Waals surface area contributed by atoms with Gasteiger partial charge >= 0.3 is 0 Å². The normalized spacial score (nSPS) is 18.8. The van der Waals surface area contributed by atoms with Crippen molar-refractivity contribution in [2.75, 3.05) is 0 Å². The number of unbranched alkanes of at least 4 members (excludes halogenated alkanes) is 4. The van der Waals surface area contributed by atoms with Gasteiger partial charge in [-0.2, -0.15) is 0 Å². The molecular formula is C13H24. The SMILES string of the molecule is CCCCCCC=CC1CCCC1. The summed E-state index contributed by atoms with van der Waals surface area (Å²) in [4.78, 5) is 0. The van der Waals surface area contributed by atoms with Gasteiger partial charge in [-0.05, 0) is 31.6 Å². The molecule has 0 heteroatoms. The summed E-state index contributed by atoms with van der Waals surface area (Å²) < 4.78 is 0. The van der Waals surface area contributed by atoms with E-state index in [9.17, 15) is 0 Å². The Labute approximate surface area is 83.4 Å². The van der Waals surface area contributed by atoms with E-state index >= 15 is 0 Å². The molecule has 0 aliphatic heterocycles. The summed E-state index contributed by atoms with van der Waals surface area (Å²) in [6.07, 6.45) is 17.6. The third kappa shape index (κ3) is 5.13. The topological polar surface area (TPSA) is 0 Å². The summed E-state index contributed by atoms with van der Waals surface area (Å²) in [6, 6.07) is 0. The van der Waals surface area contributed by atoms with Crippen molar-refractivity contribution in [2.24, 2.45) is 5.92 Å². The highest BCUT2D eigenvalue weighted by molar-refractivity contribution is 4.90. The van der Waals surface area contributed by atoms with Crippen LogP contribution in [0.2, 0.25) is 0 Å². The lowest BCUT2D eigenvalue weighted by molar-refractivity contribution is 0.660. The minimum absolute atomic E-state index is 0.936. The van der Waals surface area contributed by atoms with Gasteiger partial charge in [0.25, 0.3) is 0 Å². The number of hydrogen-bond acceptors (Lipinski definition) is 0. The molecule has 0 unspecified atom stereocenters. The molecule has 0 aromatic carbocycles. The molecule has 0 heterocycles. The average Bonchev–Trinajstić information content (AvgIpc) is 2.63. The van der Waals surface area contributed by atoms with Crippen LogP contribution in [0.4, 0.5) is 0 Å². The minimum Gasteiger partial charge on any atom is -0.0883 e. The van der Waals surface area contributed by atoms with E-state index in [-0.39, 0.29) is 0 Å². The third-order valence-electron chi connectivity index (χ3n) is 3.03. The number of hydrogen-bond donors (Lipinski definition) is 0. The van der Waals surface area contributed by atoms with Crippen molar-refractivity contribution in [3.05, 3.63) is 12.2 Å². The van der Waals surface area contributed by atoms with E-state index < -0.39 is 0 Å². The molecule has 1 aliphatic rings.